The van der Waals surface area contributed by atoms with E-state index in [9.17, 15) is 9.59 Å². The largest absolute Gasteiger partial charge is 0.368 e. The van der Waals surface area contributed by atoms with Gasteiger partial charge in [-0.1, -0.05) is 6.07 Å². The van der Waals surface area contributed by atoms with Gasteiger partial charge in [-0.2, -0.15) is 0 Å². The summed E-state index contributed by atoms with van der Waals surface area (Å²) in [5.41, 5.74) is 2.19. The standard InChI is InChI=1S/C17H20N6O2/c1-11-4-3-5-14(21-11)18-8-9-19-16(24)10-13-12(2)22-15-6-7-20-23(15)17(13)25/h3-7,20H,8-10H2,1-2H3,(H,18,21)(H,19,24). The Morgan fingerprint density at radius 1 is 1.20 bits per heavy atom. The number of pyridine rings is 1. The Morgan fingerprint density at radius 3 is 2.84 bits per heavy atom. The molecule has 1 amide bonds. The van der Waals surface area contributed by atoms with Gasteiger partial charge in [-0.15, -0.1) is 0 Å². The molecule has 0 bridgehead atoms. The summed E-state index contributed by atoms with van der Waals surface area (Å²) in [6.07, 6.45) is 1.64. The molecular weight excluding hydrogens is 320 g/mol. The SMILES string of the molecule is Cc1cccc(NCCNC(=O)Cc2c(C)nc3cc[nH]n3c2=O)n1. The molecule has 0 saturated heterocycles. The Bertz CT molecular complexity index is 959. The van der Waals surface area contributed by atoms with Gasteiger partial charge in [-0.05, 0) is 26.0 Å². The summed E-state index contributed by atoms with van der Waals surface area (Å²) >= 11 is 0. The number of amides is 1. The van der Waals surface area contributed by atoms with Crippen molar-refractivity contribution < 1.29 is 4.79 Å². The van der Waals surface area contributed by atoms with E-state index in [0.29, 0.717) is 30.0 Å². The molecule has 130 valence electrons. The fourth-order valence-corrected chi connectivity index (χ4v) is 2.57. The Hall–Kier alpha value is -3.16. The Labute approximate surface area is 144 Å². The van der Waals surface area contributed by atoms with Gasteiger partial charge in [0.05, 0.1) is 6.42 Å². The van der Waals surface area contributed by atoms with E-state index < -0.39 is 0 Å². The first-order valence-corrected chi connectivity index (χ1v) is 8.04. The highest BCUT2D eigenvalue weighted by atomic mass is 16.2. The zero-order valence-electron chi connectivity index (χ0n) is 14.2. The van der Waals surface area contributed by atoms with Crippen molar-refractivity contribution in [1.82, 2.24) is 24.9 Å². The summed E-state index contributed by atoms with van der Waals surface area (Å²) in [5, 5.41) is 8.73. The Balaban J connectivity index is 1.55. The number of fused-ring (bicyclic) bond motifs is 1. The molecule has 0 aliphatic heterocycles. The topological polar surface area (TPSA) is 104 Å². The van der Waals surface area contributed by atoms with Crippen LogP contribution in [0.4, 0.5) is 5.82 Å². The molecule has 3 aromatic rings. The van der Waals surface area contributed by atoms with Crippen LogP contribution in [0.15, 0.2) is 35.3 Å². The first-order chi connectivity index (χ1) is 12.0. The van der Waals surface area contributed by atoms with Crippen LogP contribution in [0.1, 0.15) is 17.0 Å². The van der Waals surface area contributed by atoms with Crippen LogP contribution in [0.25, 0.3) is 5.65 Å². The molecule has 3 aromatic heterocycles. The van der Waals surface area contributed by atoms with Crippen molar-refractivity contribution in [3.05, 3.63) is 57.8 Å². The number of aryl methyl sites for hydroxylation is 2. The normalized spacial score (nSPS) is 10.8. The summed E-state index contributed by atoms with van der Waals surface area (Å²) in [7, 11) is 0. The average molecular weight is 340 g/mol. The van der Waals surface area contributed by atoms with Gasteiger partial charge in [0, 0.05) is 42.3 Å². The fourth-order valence-electron chi connectivity index (χ4n) is 2.57. The molecule has 8 nitrogen and oxygen atoms in total. The monoisotopic (exact) mass is 340 g/mol. The minimum atomic E-state index is -0.246. The lowest BCUT2D eigenvalue weighted by Gasteiger charge is -2.09. The number of H-pyrrole nitrogens is 1. The third-order valence-electron chi connectivity index (χ3n) is 3.82. The molecule has 3 rings (SSSR count). The zero-order chi connectivity index (χ0) is 17.8. The quantitative estimate of drug-likeness (QED) is 0.576. The number of nitrogens with zero attached hydrogens (tertiary/aromatic N) is 3. The molecule has 8 heteroatoms. The fraction of sp³-hybridized carbons (Fsp3) is 0.294. The van der Waals surface area contributed by atoms with Crippen molar-refractivity contribution >= 4 is 17.4 Å². The van der Waals surface area contributed by atoms with Gasteiger partial charge < -0.3 is 10.6 Å². The number of anilines is 1. The summed E-state index contributed by atoms with van der Waals surface area (Å²) < 4.78 is 1.33. The maximum atomic E-state index is 12.4. The highest BCUT2D eigenvalue weighted by molar-refractivity contribution is 5.78. The molecule has 0 atom stereocenters. The number of aromatic nitrogens is 4. The molecule has 0 aliphatic rings. The molecule has 0 spiro atoms. The molecule has 0 fully saturated rings. The number of rotatable bonds is 6. The van der Waals surface area contributed by atoms with Crippen LogP contribution in [-0.2, 0) is 11.2 Å². The van der Waals surface area contributed by atoms with Gasteiger partial charge >= 0.3 is 0 Å². The lowest BCUT2D eigenvalue weighted by Crippen LogP contribution is -2.33. The summed E-state index contributed by atoms with van der Waals surface area (Å²) in [4.78, 5) is 33.1. The molecule has 3 heterocycles. The molecule has 0 aromatic carbocycles. The van der Waals surface area contributed by atoms with Gasteiger partial charge in [0.15, 0.2) is 5.65 Å². The van der Waals surface area contributed by atoms with Crippen molar-refractivity contribution in [2.45, 2.75) is 20.3 Å². The molecule has 0 unspecified atom stereocenters. The zero-order valence-corrected chi connectivity index (χ0v) is 14.2. The number of carbonyl (C=O) groups is 1. The number of carbonyl (C=O) groups excluding carboxylic acids is 1. The van der Waals surface area contributed by atoms with E-state index in [0.717, 1.165) is 11.5 Å². The van der Waals surface area contributed by atoms with Crippen LogP contribution in [0.2, 0.25) is 0 Å². The van der Waals surface area contributed by atoms with E-state index in [4.69, 9.17) is 0 Å². The first kappa shape index (κ1) is 16.7. The third-order valence-corrected chi connectivity index (χ3v) is 3.82. The van der Waals surface area contributed by atoms with Crippen LogP contribution >= 0.6 is 0 Å². The second kappa shape index (κ2) is 7.16. The van der Waals surface area contributed by atoms with Crippen molar-refractivity contribution in [2.75, 3.05) is 18.4 Å². The predicted molar refractivity (Wildman–Crippen MR) is 94.7 cm³/mol. The third kappa shape index (κ3) is 3.85. The second-order valence-corrected chi connectivity index (χ2v) is 5.75. The minimum Gasteiger partial charge on any atom is -0.368 e. The summed E-state index contributed by atoms with van der Waals surface area (Å²) in [6, 6.07) is 7.42. The molecule has 25 heavy (non-hydrogen) atoms. The van der Waals surface area contributed by atoms with Crippen molar-refractivity contribution in [3.8, 4) is 0 Å². The molecule has 0 saturated carbocycles. The smallest absolute Gasteiger partial charge is 0.276 e. The van der Waals surface area contributed by atoms with E-state index in [1.807, 2.05) is 25.1 Å². The van der Waals surface area contributed by atoms with Crippen molar-refractivity contribution in [2.24, 2.45) is 0 Å². The second-order valence-electron chi connectivity index (χ2n) is 5.75. The average Bonchev–Trinajstić information content (AvgIpc) is 3.04. The van der Waals surface area contributed by atoms with Gasteiger partial charge in [0.2, 0.25) is 5.91 Å². The lowest BCUT2D eigenvalue weighted by atomic mass is 10.1. The van der Waals surface area contributed by atoms with Crippen molar-refractivity contribution in [1.29, 1.82) is 0 Å². The molecule has 0 radical (unpaired) electrons. The molecule has 3 N–H and O–H groups in total. The lowest BCUT2D eigenvalue weighted by molar-refractivity contribution is -0.120. The van der Waals surface area contributed by atoms with Gasteiger partial charge in [0.25, 0.3) is 5.56 Å². The van der Waals surface area contributed by atoms with E-state index in [1.165, 1.54) is 4.52 Å². The highest BCUT2D eigenvalue weighted by Crippen LogP contribution is 2.04. The summed E-state index contributed by atoms with van der Waals surface area (Å²) in [6.45, 7) is 4.64. The molecular formula is C17H20N6O2. The number of hydrogen-bond acceptors (Lipinski definition) is 5. The highest BCUT2D eigenvalue weighted by Gasteiger charge is 2.13. The van der Waals surface area contributed by atoms with Crippen LogP contribution in [-0.4, -0.2) is 38.6 Å². The van der Waals surface area contributed by atoms with Gasteiger partial charge in [-0.25, -0.2) is 14.5 Å². The van der Waals surface area contributed by atoms with Gasteiger partial charge in [-0.3, -0.25) is 14.7 Å². The van der Waals surface area contributed by atoms with Crippen LogP contribution < -0.4 is 16.2 Å². The summed E-state index contributed by atoms with van der Waals surface area (Å²) in [5.74, 6) is 0.553. The number of nitrogens with one attached hydrogen (secondary N) is 3. The van der Waals surface area contributed by atoms with E-state index in [-0.39, 0.29) is 17.9 Å². The van der Waals surface area contributed by atoms with Gasteiger partial charge in [0.1, 0.15) is 5.82 Å². The predicted octanol–water partition coefficient (Wildman–Crippen LogP) is 0.805. The van der Waals surface area contributed by atoms with Crippen LogP contribution in [0.5, 0.6) is 0 Å². The Morgan fingerprint density at radius 2 is 2.04 bits per heavy atom. The number of aromatic amines is 1. The van der Waals surface area contributed by atoms with E-state index in [1.54, 1.807) is 19.2 Å². The maximum Gasteiger partial charge on any atom is 0.276 e. The minimum absolute atomic E-state index is 0.00230. The van der Waals surface area contributed by atoms with E-state index >= 15 is 0 Å². The number of hydrogen-bond donors (Lipinski definition) is 3. The van der Waals surface area contributed by atoms with E-state index in [2.05, 4.69) is 25.7 Å². The molecule has 0 aliphatic carbocycles. The Kier molecular flexibility index (Phi) is 4.78. The maximum absolute atomic E-state index is 12.4. The van der Waals surface area contributed by atoms with Crippen LogP contribution in [0.3, 0.4) is 0 Å². The van der Waals surface area contributed by atoms with Crippen molar-refractivity contribution in [3.63, 3.8) is 0 Å². The first-order valence-electron chi connectivity index (χ1n) is 8.04. The van der Waals surface area contributed by atoms with Crippen LogP contribution in [0, 0.1) is 13.8 Å².